The fourth-order valence-corrected chi connectivity index (χ4v) is 5.89. The third kappa shape index (κ3) is 5.70. The van der Waals surface area contributed by atoms with Crippen molar-refractivity contribution in [1.82, 2.24) is 9.21 Å². The monoisotopic (exact) mass is 474 g/mol. The van der Waals surface area contributed by atoms with Crippen molar-refractivity contribution in [2.24, 2.45) is 0 Å². The summed E-state index contributed by atoms with van der Waals surface area (Å²) in [4.78, 5) is 13.6. The maximum absolute atomic E-state index is 13.0. The molecule has 2 heterocycles. The van der Waals surface area contributed by atoms with E-state index in [2.05, 4.69) is 10.2 Å². The first-order valence-electron chi connectivity index (χ1n) is 11.4. The normalized spacial score (nSPS) is 19.2. The molecule has 9 nitrogen and oxygen atoms in total. The van der Waals surface area contributed by atoms with Crippen LogP contribution in [0.5, 0.6) is 0 Å². The number of ether oxygens (including phenoxy) is 1. The summed E-state index contributed by atoms with van der Waals surface area (Å²) in [6.07, 6.45) is 2.61. The summed E-state index contributed by atoms with van der Waals surface area (Å²) in [7, 11) is -3.76. The van der Waals surface area contributed by atoms with Crippen LogP contribution in [0, 0.1) is 10.1 Å². The van der Waals surface area contributed by atoms with Crippen molar-refractivity contribution in [1.29, 1.82) is 0 Å². The zero-order valence-electron chi connectivity index (χ0n) is 18.6. The van der Waals surface area contributed by atoms with E-state index in [0.717, 1.165) is 37.9 Å². The SMILES string of the molecule is O=[N+]([O-])c1cc(S(=O)(=O)N2CCCCC2)ccc1NC(CN1CCOCC1)c1ccccc1. The zero-order chi connectivity index (χ0) is 23.3. The van der Waals surface area contributed by atoms with Gasteiger partial charge in [0.25, 0.3) is 5.69 Å². The van der Waals surface area contributed by atoms with Gasteiger partial charge in [-0.3, -0.25) is 15.0 Å². The Morgan fingerprint density at radius 3 is 2.36 bits per heavy atom. The summed E-state index contributed by atoms with van der Waals surface area (Å²) in [5, 5.41) is 15.2. The van der Waals surface area contributed by atoms with Crippen molar-refractivity contribution in [3.05, 3.63) is 64.2 Å². The Morgan fingerprint density at radius 2 is 1.70 bits per heavy atom. The van der Waals surface area contributed by atoms with Gasteiger partial charge in [0.05, 0.1) is 29.1 Å². The fourth-order valence-electron chi connectivity index (χ4n) is 4.35. The molecule has 1 N–H and O–H groups in total. The summed E-state index contributed by atoms with van der Waals surface area (Å²) in [6.45, 7) is 4.45. The summed E-state index contributed by atoms with van der Waals surface area (Å²) < 4.78 is 33.0. The standard InChI is InChI=1S/C23H30N4O5S/c28-27(29)23-17-20(33(30,31)26-11-5-2-6-12-26)9-10-21(23)24-22(19-7-3-1-4-8-19)18-25-13-15-32-16-14-25/h1,3-4,7-10,17,22,24H,2,5-6,11-16,18H2. The van der Waals surface area contributed by atoms with Gasteiger partial charge in [0.1, 0.15) is 5.69 Å². The molecule has 0 bridgehead atoms. The van der Waals surface area contributed by atoms with Gasteiger partial charge in [-0.25, -0.2) is 8.42 Å². The molecule has 1 unspecified atom stereocenters. The van der Waals surface area contributed by atoms with E-state index in [0.29, 0.717) is 38.5 Å². The summed E-state index contributed by atoms with van der Waals surface area (Å²) in [6, 6.07) is 13.7. The van der Waals surface area contributed by atoms with Gasteiger partial charge < -0.3 is 10.1 Å². The number of benzene rings is 2. The molecule has 0 aliphatic carbocycles. The van der Waals surface area contributed by atoms with E-state index in [9.17, 15) is 18.5 Å². The van der Waals surface area contributed by atoms with Gasteiger partial charge in [0, 0.05) is 38.8 Å². The number of rotatable bonds is 8. The van der Waals surface area contributed by atoms with Crippen LogP contribution in [0.25, 0.3) is 0 Å². The van der Waals surface area contributed by atoms with E-state index in [1.54, 1.807) is 0 Å². The Kier molecular flexibility index (Phi) is 7.59. The molecule has 0 aromatic heterocycles. The zero-order valence-corrected chi connectivity index (χ0v) is 19.4. The lowest BCUT2D eigenvalue weighted by Gasteiger charge is -2.31. The minimum absolute atomic E-state index is 0.0360. The highest BCUT2D eigenvalue weighted by molar-refractivity contribution is 7.89. The van der Waals surface area contributed by atoms with Gasteiger partial charge in [0.2, 0.25) is 10.0 Å². The average Bonchev–Trinajstić information content (AvgIpc) is 2.85. The first-order valence-corrected chi connectivity index (χ1v) is 12.8. The average molecular weight is 475 g/mol. The van der Waals surface area contributed by atoms with Crippen LogP contribution in [0.15, 0.2) is 53.4 Å². The van der Waals surface area contributed by atoms with Crippen LogP contribution in [0.4, 0.5) is 11.4 Å². The van der Waals surface area contributed by atoms with E-state index in [-0.39, 0.29) is 16.6 Å². The molecule has 33 heavy (non-hydrogen) atoms. The van der Waals surface area contributed by atoms with E-state index < -0.39 is 14.9 Å². The van der Waals surface area contributed by atoms with Gasteiger partial charge >= 0.3 is 0 Å². The van der Waals surface area contributed by atoms with E-state index in [1.807, 2.05) is 30.3 Å². The molecular weight excluding hydrogens is 444 g/mol. The molecule has 2 fully saturated rings. The Morgan fingerprint density at radius 1 is 1.00 bits per heavy atom. The van der Waals surface area contributed by atoms with Crippen molar-refractivity contribution < 1.29 is 18.1 Å². The lowest BCUT2D eigenvalue weighted by molar-refractivity contribution is -0.384. The highest BCUT2D eigenvalue weighted by Crippen LogP contribution is 2.32. The summed E-state index contributed by atoms with van der Waals surface area (Å²) in [5.74, 6) is 0. The van der Waals surface area contributed by atoms with Crippen molar-refractivity contribution in [2.45, 2.75) is 30.2 Å². The van der Waals surface area contributed by atoms with E-state index >= 15 is 0 Å². The molecule has 4 rings (SSSR count). The largest absolute Gasteiger partial charge is 0.379 e. The molecular formula is C23H30N4O5S. The number of piperidine rings is 1. The maximum Gasteiger partial charge on any atom is 0.293 e. The number of hydrogen-bond acceptors (Lipinski definition) is 7. The molecule has 2 aromatic carbocycles. The molecule has 1 atom stereocenters. The quantitative estimate of drug-likeness (QED) is 0.462. The molecule has 0 saturated carbocycles. The highest BCUT2D eigenvalue weighted by atomic mass is 32.2. The molecule has 0 radical (unpaired) electrons. The predicted octanol–water partition coefficient (Wildman–Crippen LogP) is 3.25. The molecule has 0 amide bonds. The first-order chi connectivity index (χ1) is 15.9. The molecule has 2 aromatic rings. The molecule has 2 saturated heterocycles. The number of nitrogens with zero attached hydrogens (tertiary/aromatic N) is 3. The number of morpholine rings is 1. The van der Waals surface area contributed by atoms with Gasteiger partial charge in [-0.15, -0.1) is 0 Å². The van der Waals surface area contributed by atoms with E-state index in [1.165, 1.54) is 22.5 Å². The third-order valence-corrected chi connectivity index (χ3v) is 8.09. The van der Waals surface area contributed by atoms with Crippen molar-refractivity contribution >= 4 is 21.4 Å². The van der Waals surface area contributed by atoms with Crippen molar-refractivity contribution in [2.75, 3.05) is 51.3 Å². The maximum atomic E-state index is 13.0. The van der Waals surface area contributed by atoms with Gasteiger partial charge in [-0.05, 0) is 30.5 Å². The van der Waals surface area contributed by atoms with Crippen LogP contribution in [-0.4, -0.2) is 68.5 Å². The van der Waals surface area contributed by atoms with Gasteiger partial charge in [0.15, 0.2) is 0 Å². The van der Waals surface area contributed by atoms with Gasteiger partial charge in [-0.1, -0.05) is 36.8 Å². The second kappa shape index (κ2) is 10.6. The number of hydrogen-bond donors (Lipinski definition) is 1. The Bertz CT molecular complexity index is 1050. The second-order valence-electron chi connectivity index (χ2n) is 8.42. The highest BCUT2D eigenvalue weighted by Gasteiger charge is 2.29. The van der Waals surface area contributed by atoms with Crippen molar-refractivity contribution in [3.8, 4) is 0 Å². The number of sulfonamides is 1. The minimum Gasteiger partial charge on any atom is -0.379 e. The number of nitro groups is 1. The topological polar surface area (TPSA) is 105 Å². The van der Waals surface area contributed by atoms with Crippen LogP contribution < -0.4 is 5.32 Å². The number of nitro benzene ring substituents is 1. The predicted molar refractivity (Wildman–Crippen MR) is 126 cm³/mol. The Balaban J connectivity index is 1.62. The summed E-state index contributed by atoms with van der Waals surface area (Å²) in [5.41, 5.74) is 1.07. The second-order valence-corrected chi connectivity index (χ2v) is 10.4. The van der Waals surface area contributed by atoms with Crippen LogP contribution in [0.1, 0.15) is 30.9 Å². The van der Waals surface area contributed by atoms with Crippen LogP contribution >= 0.6 is 0 Å². The van der Waals surface area contributed by atoms with Crippen LogP contribution in [0.3, 0.4) is 0 Å². The van der Waals surface area contributed by atoms with Crippen LogP contribution in [-0.2, 0) is 14.8 Å². The first kappa shape index (κ1) is 23.6. The Labute approximate surface area is 194 Å². The molecule has 0 spiro atoms. The van der Waals surface area contributed by atoms with Crippen molar-refractivity contribution in [3.63, 3.8) is 0 Å². The number of anilines is 1. The van der Waals surface area contributed by atoms with E-state index in [4.69, 9.17) is 4.74 Å². The molecule has 178 valence electrons. The molecule has 2 aliphatic heterocycles. The smallest absolute Gasteiger partial charge is 0.293 e. The molecule has 2 aliphatic rings. The minimum atomic E-state index is -3.76. The van der Waals surface area contributed by atoms with Crippen LogP contribution in [0.2, 0.25) is 0 Å². The lowest BCUT2D eigenvalue weighted by atomic mass is 10.1. The lowest BCUT2D eigenvalue weighted by Crippen LogP contribution is -2.40. The number of nitrogens with one attached hydrogen (secondary N) is 1. The third-order valence-electron chi connectivity index (χ3n) is 6.19. The molecule has 10 heteroatoms. The fraction of sp³-hybridized carbons (Fsp3) is 0.478. The van der Waals surface area contributed by atoms with Gasteiger partial charge in [-0.2, -0.15) is 4.31 Å². The Hall–Kier alpha value is -2.53. The summed E-state index contributed by atoms with van der Waals surface area (Å²) >= 11 is 0.